The van der Waals surface area contributed by atoms with E-state index in [1.165, 1.54) is 24.0 Å². The number of hydrogen-bond donors (Lipinski definition) is 1. The van der Waals surface area contributed by atoms with Crippen LogP contribution >= 0.6 is 0 Å². The number of hydrogen-bond acceptors (Lipinski definition) is 2. The lowest BCUT2D eigenvalue weighted by Crippen LogP contribution is -2.35. The molecule has 0 radical (unpaired) electrons. The van der Waals surface area contributed by atoms with Gasteiger partial charge >= 0.3 is 0 Å². The molecule has 6 heteroatoms. The van der Waals surface area contributed by atoms with Crippen LogP contribution in [-0.4, -0.2) is 29.8 Å². The first-order valence-electron chi connectivity index (χ1n) is 8.46. The zero-order valence-electron chi connectivity index (χ0n) is 14.7. The molecule has 0 heterocycles. The lowest BCUT2D eigenvalue weighted by Gasteiger charge is -2.21. The zero-order chi connectivity index (χ0) is 18.9. The van der Waals surface area contributed by atoms with Crippen molar-refractivity contribution in [3.05, 3.63) is 71.3 Å². The zero-order valence-corrected chi connectivity index (χ0v) is 14.7. The molecule has 2 amide bonds. The van der Waals surface area contributed by atoms with Gasteiger partial charge in [0.25, 0.3) is 0 Å². The third kappa shape index (κ3) is 5.95. The second kappa shape index (κ2) is 9.65. The summed E-state index contributed by atoms with van der Waals surface area (Å²) < 4.78 is 27.2. The summed E-state index contributed by atoms with van der Waals surface area (Å²) in [6, 6.07) is 12.6. The quantitative estimate of drug-likeness (QED) is 0.787. The normalized spacial score (nSPS) is 10.4. The lowest BCUT2D eigenvalue weighted by molar-refractivity contribution is -0.129. The molecule has 0 unspecified atom stereocenters. The van der Waals surface area contributed by atoms with Crippen molar-refractivity contribution in [1.82, 2.24) is 10.2 Å². The smallest absolute Gasteiger partial charge is 0.222 e. The van der Waals surface area contributed by atoms with Gasteiger partial charge in [-0.15, -0.1) is 0 Å². The van der Waals surface area contributed by atoms with Crippen LogP contribution in [0.5, 0.6) is 0 Å². The molecule has 0 fully saturated rings. The topological polar surface area (TPSA) is 49.4 Å². The molecule has 4 nitrogen and oxygen atoms in total. The van der Waals surface area contributed by atoms with E-state index in [-0.39, 0.29) is 43.0 Å². The Labute approximate surface area is 151 Å². The third-order valence-electron chi connectivity index (χ3n) is 4.10. The third-order valence-corrected chi connectivity index (χ3v) is 4.10. The molecule has 2 rings (SSSR count). The molecule has 2 aromatic carbocycles. The van der Waals surface area contributed by atoms with Crippen molar-refractivity contribution in [3.8, 4) is 0 Å². The van der Waals surface area contributed by atoms with Gasteiger partial charge in [0.15, 0.2) is 0 Å². The van der Waals surface area contributed by atoms with Crippen LogP contribution in [0.3, 0.4) is 0 Å². The molecule has 1 N–H and O–H groups in total. The van der Waals surface area contributed by atoms with Gasteiger partial charge < -0.3 is 10.2 Å². The van der Waals surface area contributed by atoms with Crippen molar-refractivity contribution >= 4 is 11.8 Å². The molecule has 0 saturated carbocycles. The number of nitrogens with zero attached hydrogens (tertiary/aromatic N) is 1. The van der Waals surface area contributed by atoms with Crippen molar-refractivity contribution in [1.29, 1.82) is 0 Å². The largest absolute Gasteiger partial charge is 0.352 e. The predicted molar refractivity (Wildman–Crippen MR) is 95.2 cm³/mol. The second-order valence-corrected chi connectivity index (χ2v) is 5.97. The molecule has 0 spiro atoms. The van der Waals surface area contributed by atoms with Gasteiger partial charge in [0, 0.05) is 38.5 Å². The molecule has 0 aliphatic heterocycles. The molecular weight excluding hydrogens is 338 g/mol. The summed E-state index contributed by atoms with van der Waals surface area (Å²) in [5.41, 5.74) is 0.937. The number of benzene rings is 2. The van der Waals surface area contributed by atoms with Gasteiger partial charge in [-0.2, -0.15) is 0 Å². The molecule has 0 atom stereocenters. The van der Waals surface area contributed by atoms with Crippen LogP contribution in [0.4, 0.5) is 8.78 Å². The highest BCUT2D eigenvalue weighted by Gasteiger charge is 2.12. The summed E-state index contributed by atoms with van der Waals surface area (Å²) in [5.74, 6) is -1.13. The molecule has 0 aromatic heterocycles. The van der Waals surface area contributed by atoms with Gasteiger partial charge in [0.1, 0.15) is 11.6 Å². The van der Waals surface area contributed by atoms with Crippen LogP contribution in [0.1, 0.15) is 24.5 Å². The number of amides is 2. The van der Waals surface area contributed by atoms with Crippen LogP contribution in [-0.2, 0) is 22.6 Å². The van der Waals surface area contributed by atoms with E-state index in [1.54, 1.807) is 36.4 Å². The highest BCUT2D eigenvalue weighted by molar-refractivity contribution is 5.78. The number of halogens is 2. The van der Waals surface area contributed by atoms with E-state index in [9.17, 15) is 18.4 Å². The van der Waals surface area contributed by atoms with Crippen LogP contribution in [0.25, 0.3) is 0 Å². The van der Waals surface area contributed by atoms with E-state index in [2.05, 4.69) is 5.32 Å². The molecule has 138 valence electrons. The molecule has 0 aliphatic rings. The summed E-state index contributed by atoms with van der Waals surface area (Å²) in [4.78, 5) is 25.2. The van der Waals surface area contributed by atoms with Crippen LogP contribution in [0.15, 0.2) is 48.5 Å². The summed E-state index contributed by atoms with van der Waals surface area (Å²) in [5, 5.41) is 2.64. The fourth-order valence-electron chi connectivity index (χ4n) is 2.54. The Bertz CT molecular complexity index is 765. The molecule has 0 aliphatic carbocycles. The van der Waals surface area contributed by atoms with E-state index >= 15 is 0 Å². The number of carbonyl (C=O) groups is 2. The second-order valence-electron chi connectivity index (χ2n) is 5.97. The summed E-state index contributed by atoms with van der Waals surface area (Å²) in [6.07, 6.45) is 0.481. The maximum Gasteiger partial charge on any atom is 0.222 e. The predicted octanol–water partition coefficient (Wildman–Crippen LogP) is 3.06. The van der Waals surface area contributed by atoms with E-state index in [0.717, 1.165) is 0 Å². The van der Waals surface area contributed by atoms with E-state index in [4.69, 9.17) is 0 Å². The first-order chi connectivity index (χ1) is 12.5. The summed E-state index contributed by atoms with van der Waals surface area (Å²) in [6.45, 7) is 2.07. The molecule has 0 saturated heterocycles. The lowest BCUT2D eigenvalue weighted by atomic mass is 10.1. The van der Waals surface area contributed by atoms with Gasteiger partial charge in [-0.05, 0) is 24.1 Å². The highest BCUT2D eigenvalue weighted by Crippen LogP contribution is 2.09. The monoisotopic (exact) mass is 360 g/mol. The fourth-order valence-corrected chi connectivity index (χ4v) is 2.54. The average molecular weight is 360 g/mol. The first-order valence-corrected chi connectivity index (χ1v) is 8.46. The van der Waals surface area contributed by atoms with Crippen LogP contribution in [0, 0.1) is 11.6 Å². The number of rotatable bonds is 8. The fraction of sp³-hybridized carbons (Fsp3) is 0.300. The van der Waals surface area contributed by atoms with Crippen LogP contribution < -0.4 is 5.32 Å². The Balaban J connectivity index is 1.80. The summed E-state index contributed by atoms with van der Waals surface area (Å²) in [7, 11) is 0. The van der Waals surface area contributed by atoms with E-state index in [0.29, 0.717) is 24.1 Å². The van der Waals surface area contributed by atoms with Crippen molar-refractivity contribution < 1.29 is 18.4 Å². The van der Waals surface area contributed by atoms with Crippen molar-refractivity contribution in [2.24, 2.45) is 0 Å². The molecule has 26 heavy (non-hydrogen) atoms. The Kier molecular flexibility index (Phi) is 7.26. The minimum absolute atomic E-state index is 0.0980. The van der Waals surface area contributed by atoms with Crippen molar-refractivity contribution in [2.45, 2.75) is 26.3 Å². The van der Waals surface area contributed by atoms with E-state index < -0.39 is 0 Å². The Morgan fingerprint density at radius 1 is 0.923 bits per heavy atom. The van der Waals surface area contributed by atoms with Gasteiger partial charge in [0.2, 0.25) is 11.8 Å². The first kappa shape index (κ1) is 19.6. The minimum Gasteiger partial charge on any atom is -0.352 e. The van der Waals surface area contributed by atoms with Crippen molar-refractivity contribution in [3.63, 3.8) is 0 Å². The maximum absolute atomic E-state index is 13.7. The van der Waals surface area contributed by atoms with Gasteiger partial charge in [-0.1, -0.05) is 36.4 Å². The SMILES string of the molecule is CC(=O)N(CCC(=O)NCc1ccccc1F)CCc1ccccc1F. The standard InChI is InChI=1S/C20H22F2N2O2/c1-15(25)24(12-10-16-6-2-4-8-18(16)21)13-11-20(26)23-14-17-7-3-5-9-19(17)22/h2-9H,10-14H2,1H3,(H,23,26). The van der Waals surface area contributed by atoms with E-state index in [1.807, 2.05) is 0 Å². The van der Waals surface area contributed by atoms with Gasteiger partial charge in [0.05, 0.1) is 0 Å². The molecule has 2 aromatic rings. The number of nitrogens with one attached hydrogen (secondary N) is 1. The maximum atomic E-state index is 13.7. The van der Waals surface area contributed by atoms with Gasteiger partial charge in [-0.3, -0.25) is 9.59 Å². The van der Waals surface area contributed by atoms with Crippen molar-refractivity contribution in [2.75, 3.05) is 13.1 Å². The molecular formula is C20H22F2N2O2. The Morgan fingerprint density at radius 2 is 1.50 bits per heavy atom. The summed E-state index contributed by atoms with van der Waals surface area (Å²) >= 11 is 0. The highest BCUT2D eigenvalue weighted by atomic mass is 19.1. The Hall–Kier alpha value is -2.76. The van der Waals surface area contributed by atoms with Gasteiger partial charge in [-0.25, -0.2) is 8.78 Å². The Morgan fingerprint density at radius 3 is 2.08 bits per heavy atom. The average Bonchev–Trinajstić information content (AvgIpc) is 2.62. The number of carbonyl (C=O) groups excluding carboxylic acids is 2. The minimum atomic E-state index is -0.372. The molecule has 0 bridgehead atoms. The van der Waals surface area contributed by atoms with Crippen LogP contribution in [0.2, 0.25) is 0 Å².